The van der Waals surface area contributed by atoms with Crippen LogP contribution in [0.4, 0.5) is 0 Å². The summed E-state index contributed by atoms with van der Waals surface area (Å²) in [5, 5.41) is 0. The summed E-state index contributed by atoms with van der Waals surface area (Å²) in [6.07, 6.45) is 15.2. The van der Waals surface area contributed by atoms with Gasteiger partial charge in [0.05, 0.1) is 0 Å². The van der Waals surface area contributed by atoms with Gasteiger partial charge in [0, 0.05) is 12.3 Å². The molecule has 1 aliphatic heterocycles. The Hall–Kier alpha value is -0.760. The van der Waals surface area contributed by atoms with Crippen LogP contribution >= 0.6 is 12.6 Å². The van der Waals surface area contributed by atoms with Crippen molar-refractivity contribution in [2.45, 2.75) is 33.1 Å². The van der Waals surface area contributed by atoms with Gasteiger partial charge in [0.25, 0.3) is 0 Å². The van der Waals surface area contributed by atoms with E-state index in [-0.39, 0.29) is 0 Å². The molecule has 0 aromatic carbocycles. The molecule has 1 rings (SSSR count). The van der Waals surface area contributed by atoms with Crippen molar-refractivity contribution in [1.82, 2.24) is 0 Å². The lowest BCUT2D eigenvalue weighted by Gasteiger charge is -1.86. The SMILES string of the molecule is C=CC=CC/C=C/C1=NCCC1.CC.CS. The molecule has 0 aliphatic carbocycles. The lowest BCUT2D eigenvalue weighted by atomic mass is 10.2. The highest BCUT2D eigenvalue weighted by molar-refractivity contribution is 7.79. The minimum absolute atomic E-state index is 0.977. The van der Waals surface area contributed by atoms with Crippen LogP contribution in [-0.4, -0.2) is 18.5 Å². The van der Waals surface area contributed by atoms with Crippen LogP contribution in [0.25, 0.3) is 0 Å². The lowest BCUT2D eigenvalue weighted by molar-refractivity contribution is 0.951. The van der Waals surface area contributed by atoms with Crippen LogP contribution in [0.2, 0.25) is 0 Å². The Morgan fingerprint density at radius 2 is 2.00 bits per heavy atom. The molecule has 0 fully saturated rings. The average molecular weight is 239 g/mol. The van der Waals surface area contributed by atoms with E-state index in [1.807, 2.05) is 19.9 Å². The monoisotopic (exact) mass is 239 g/mol. The second-order valence-electron chi connectivity index (χ2n) is 2.78. The van der Waals surface area contributed by atoms with E-state index in [2.05, 4.69) is 42.4 Å². The van der Waals surface area contributed by atoms with E-state index in [9.17, 15) is 0 Å². The number of hydrogen-bond acceptors (Lipinski definition) is 2. The lowest BCUT2D eigenvalue weighted by Crippen LogP contribution is -1.83. The van der Waals surface area contributed by atoms with Gasteiger partial charge in [0.1, 0.15) is 0 Å². The fraction of sp³-hybridized carbons (Fsp3) is 0.500. The quantitative estimate of drug-likeness (QED) is 0.548. The van der Waals surface area contributed by atoms with Crippen molar-refractivity contribution < 1.29 is 0 Å². The molecule has 0 aromatic heterocycles. The summed E-state index contributed by atoms with van der Waals surface area (Å²) in [5.74, 6) is 0. The molecule has 0 aromatic rings. The summed E-state index contributed by atoms with van der Waals surface area (Å²) in [6.45, 7) is 8.62. The predicted octanol–water partition coefficient (Wildman–Crippen LogP) is 4.48. The predicted molar refractivity (Wildman–Crippen MR) is 80.9 cm³/mol. The molecule has 0 N–H and O–H groups in total. The zero-order chi connectivity index (χ0) is 12.6. The first-order valence-corrected chi connectivity index (χ1v) is 6.75. The van der Waals surface area contributed by atoms with Crippen molar-refractivity contribution in [2.24, 2.45) is 4.99 Å². The number of aliphatic imine (C=N–C) groups is 1. The topological polar surface area (TPSA) is 12.4 Å². The minimum Gasteiger partial charge on any atom is -0.290 e. The van der Waals surface area contributed by atoms with Gasteiger partial charge < -0.3 is 0 Å². The molecule has 92 valence electrons. The Bertz CT molecular complexity index is 227. The van der Waals surface area contributed by atoms with E-state index in [0.717, 1.165) is 19.4 Å². The Kier molecular flexibility index (Phi) is 18.4. The largest absolute Gasteiger partial charge is 0.290 e. The molecule has 16 heavy (non-hydrogen) atoms. The molecule has 1 nitrogen and oxygen atoms in total. The summed E-state index contributed by atoms with van der Waals surface area (Å²) in [5.41, 5.74) is 1.25. The normalized spacial score (nSPS) is 13.9. The summed E-state index contributed by atoms with van der Waals surface area (Å²) in [4.78, 5) is 4.34. The highest BCUT2D eigenvalue weighted by Gasteiger charge is 2.00. The van der Waals surface area contributed by atoms with Gasteiger partial charge in [-0.15, -0.1) is 0 Å². The number of thiol groups is 1. The van der Waals surface area contributed by atoms with Crippen LogP contribution < -0.4 is 0 Å². The molecule has 0 saturated heterocycles. The fourth-order valence-corrected chi connectivity index (χ4v) is 1.16. The van der Waals surface area contributed by atoms with Crippen LogP contribution in [0.15, 0.2) is 42.0 Å². The molecule has 1 heterocycles. The number of rotatable bonds is 4. The summed E-state index contributed by atoms with van der Waals surface area (Å²) >= 11 is 3.53. The molecule has 1 aliphatic rings. The number of allylic oxidation sites excluding steroid dienone is 5. The van der Waals surface area contributed by atoms with E-state index in [4.69, 9.17) is 0 Å². The minimum atomic E-state index is 0.977. The second kappa shape index (κ2) is 16.7. The van der Waals surface area contributed by atoms with Gasteiger partial charge in [-0.1, -0.05) is 44.7 Å². The van der Waals surface area contributed by atoms with Crippen molar-refractivity contribution in [3.8, 4) is 0 Å². The first kappa shape index (κ1) is 17.6. The van der Waals surface area contributed by atoms with Crippen molar-refractivity contribution in [3.63, 3.8) is 0 Å². The highest BCUT2D eigenvalue weighted by atomic mass is 32.1. The van der Waals surface area contributed by atoms with Crippen LogP contribution in [0.3, 0.4) is 0 Å². The summed E-state index contributed by atoms with van der Waals surface area (Å²) in [7, 11) is 0. The molecule has 0 spiro atoms. The van der Waals surface area contributed by atoms with E-state index in [0.29, 0.717) is 0 Å². The maximum absolute atomic E-state index is 4.34. The Labute approximate surface area is 106 Å². The van der Waals surface area contributed by atoms with Crippen LogP contribution in [0.1, 0.15) is 33.1 Å². The van der Waals surface area contributed by atoms with E-state index in [1.54, 1.807) is 12.3 Å². The fourth-order valence-electron chi connectivity index (χ4n) is 1.16. The summed E-state index contributed by atoms with van der Waals surface area (Å²) in [6, 6.07) is 0. The maximum atomic E-state index is 4.34. The molecular weight excluding hydrogens is 214 g/mol. The maximum Gasteiger partial charge on any atom is 0.0396 e. The van der Waals surface area contributed by atoms with Crippen LogP contribution in [0.5, 0.6) is 0 Å². The van der Waals surface area contributed by atoms with Crippen molar-refractivity contribution in [3.05, 3.63) is 37.0 Å². The molecule has 0 atom stereocenters. The van der Waals surface area contributed by atoms with Gasteiger partial charge in [-0.3, -0.25) is 4.99 Å². The van der Waals surface area contributed by atoms with Crippen LogP contribution in [-0.2, 0) is 0 Å². The molecular formula is C14H25NS. The molecule has 2 heteroatoms. The first-order valence-electron chi connectivity index (χ1n) is 5.85. The van der Waals surface area contributed by atoms with E-state index < -0.39 is 0 Å². The zero-order valence-electron chi connectivity index (χ0n) is 10.8. The molecule has 0 amide bonds. The van der Waals surface area contributed by atoms with Crippen molar-refractivity contribution in [2.75, 3.05) is 12.8 Å². The Morgan fingerprint density at radius 3 is 2.50 bits per heavy atom. The Morgan fingerprint density at radius 1 is 1.31 bits per heavy atom. The second-order valence-corrected chi connectivity index (χ2v) is 2.78. The zero-order valence-corrected chi connectivity index (χ0v) is 11.7. The van der Waals surface area contributed by atoms with E-state index in [1.165, 1.54) is 12.1 Å². The van der Waals surface area contributed by atoms with Gasteiger partial charge in [-0.05, 0) is 31.6 Å². The molecule has 0 bridgehead atoms. The third-order valence-electron chi connectivity index (χ3n) is 1.76. The number of nitrogens with zero attached hydrogens (tertiary/aromatic N) is 1. The Balaban J connectivity index is 0. The molecule has 0 unspecified atom stereocenters. The first-order chi connectivity index (χ1) is 7.93. The molecule has 0 radical (unpaired) electrons. The van der Waals surface area contributed by atoms with Crippen molar-refractivity contribution >= 4 is 18.3 Å². The van der Waals surface area contributed by atoms with Gasteiger partial charge in [0.15, 0.2) is 0 Å². The third-order valence-corrected chi connectivity index (χ3v) is 1.76. The van der Waals surface area contributed by atoms with Gasteiger partial charge in [-0.25, -0.2) is 0 Å². The number of hydrogen-bond donors (Lipinski definition) is 1. The smallest absolute Gasteiger partial charge is 0.0396 e. The highest BCUT2D eigenvalue weighted by Crippen LogP contribution is 2.04. The van der Waals surface area contributed by atoms with Gasteiger partial charge >= 0.3 is 0 Å². The van der Waals surface area contributed by atoms with Gasteiger partial charge in [-0.2, -0.15) is 12.6 Å². The summed E-state index contributed by atoms with van der Waals surface area (Å²) < 4.78 is 0. The third kappa shape index (κ3) is 11.3. The van der Waals surface area contributed by atoms with E-state index >= 15 is 0 Å². The van der Waals surface area contributed by atoms with Crippen LogP contribution in [0, 0.1) is 0 Å². The standard InChI is InChI=1S/C11H15N.C2H6.CH4S/c1-2-3-4-5-6-8-11-9-7-10-12-11;2*1-2/h2-4,6,8H,1,5,7,9-10H2;1-2H3;2H,1H3/b4-3?,8-6+;;. The average Bonchev–Trinajstić information content (AvgIpc) is 2.87. The molecule has 0 saturated carbocycles. The van der Waals surface area contributed by atoms with Gasteiger partial charge in [0.2, 0.25) is 0 Å². The van der Waals surface area contributed by atoms with Crippen molar-refractivity contribution in [1.29, 1.82) is 0 Å².